The molecule has 1 aliphatic rings. The summed E-state index contributed by atoms with van der Waals surface area (Å²) < 4.78 is 27.1. The van der Waals surface area contributed by atoms with Crippen LogP contribution in [0.15, 0.2) is 59.8 Å². The summed E-state index contributed by atoms with van der Waals surface area (Å²) >= 11 is 0. The summed E-state index contributed by atoms with van der Waals surface area (Å²) in [5, 5.41) is 8.05. The second-order valence-corrected chi connectivity index (χ2v) is 7.59. The Kier molecular flexibility index (Phi) is 3.54. The van der Waals surface area contributed by atoms with Gasteiger partial charge in [0.2, 0.25) is 9.84 Å². The van der Waals surface area contributed by atoms with Gasteiger partial charge in [0.1, 0.15) is 5.82 Å². The Hall–Kier alpha value is -2.73. The van der Waals surface area contributed by atoms with E-state index in [0.29, 0.717) is 12.2 Å². The van der Waals surface area contributed by atoms with Crippen molar-refractivity contribution in [2.75, 3.05) is 0 Å². The van der Waals surface area contributed by atoms with Crippen LogP contribution < -0.4 is 0 Å². The molecule has 4 rings (SSSR count). The third-order valence-electron chi connectivity index (χ3n) is 4.02. The van der Waals surface area contributed by atoms with E-state index in [1.54, 1.807) is 22.9 Å². The van der Waals surface area contributed by atoms with E-state index in [4.69, 9.17) is 0 Å². The number of hydrogen-bond donors (Lipinski definition) is 0. The van der Waals surface area contributed by atoms with E-state index in [-0.39, 0.29) is 10.9 Å². The molecule has 0 N–H and O–H groups in total. The van der Waals surface area contributed by atoms with Gasteiger partial charge in [-0.2, -0.15) is 0 Å². The highest BCUT2D eigenvalue weighted by atomic mass is 32.2. The van der Waals surface area contributed by atoms with E-state index >= 15 is 0 Å². The molecule has 0 aliphatic carbocycles. The second kappa shape index (κ2) is 5.72. The SMILES string of the molecule is O=S(=O)(Cc1ccccc1)c1nnc2n1C=Cc1ccccc1C2. The summed E-state index contributed by atoms with van der Waals surface area (Å²) in [6.45, 7) is 0. The molecule has 0 unspecified atom stereocenters. The monoisotopic (exact) mass is 337 g/mol. The number of sulfone groups is 1. The minimum atomic E-state index is -3.58. The van der Waals surface area contributed by atoms with Gasteiger partial charge in [-0.25, -0.2) is 8.42 Å². The van der Waals surface area contributed by atoms with E-state index in [0.717, 1.165) is 16.7 Å². The van der Waals surface area contributed by atoms with Crippen molar-refractivity contribution in [3.05, 3.63) is 77.1 Å². The third-order valence-corrected chi connectivity index (χ3v) is 5.57. The standard InChI is InChI=1S/C18H15N3O2S/c22-24(23,13-14-6-2-1-3-7-14)18-20-19-17-12-16-9-5-4-8-15(16)10-11-21(17)18/h1-11H,12-13H2. The van der Waals surface area contributed by atoms with Gasteiger partial charge in [-0.15, -0.1) is 10.2 Å². The highest BCUT2D eigenvalue weighted by Crippen LogP contribution is 2.23. The maximum atomic E-state index is 12.8. The number of aromatic nitrogens is 3. The van der Waals surface area contributed by atoms with Crippen molar-refractivity contribution in [3.63, 3.8) is 0 Å². The van der Waals surface area contributed by atoms with E-state index in [1.807, 2.05) is 48.5 Å². The van der Waals surface area contributed by atoms with Gasteiger partial charge >= 0.3 is 0 Å². The predicted octanol–water partition coefficient (Wildman–Crippen LogP) is 2.78. The van der Waals surface area contributed by atoms with Gasteiger partial charge in [0.25, 0.3) is 5.16 Å². The molecule has 5 nitrogen and oxygen atoms in total. The molecule has 2 aromatic carbocycles. The topological polar surface area (TPSA) is 64.8 Å². The summed E-state index contributed by atoms with van der Waals surface area (Å²) in [6, 6.07) is 17.0. The summed E-state index contributed by atoms with van der Waals surface area (Å²) in [7, 11) is -3.58. The fourth-order valence-electron chi connectivity index (χ4n) is 2.83. The first kappa shape index (κ1) is 14.8. The lowest BCUT2D eigenvalue weighted by Gasteiger charge is -2.05. The normalized spacial score (nSPS) is 13.2. The van der Waals surface area contributed by atoms with Crippen molar-refractivity contribution in [2.45, 2.75) is 17.3 Å². The highest BCUT2D eigenvalue weighted by Gasteiger charge is 2.25. The molecule has 120 valence electrons. The first-order valence-corrected chi connectivity index (χ1v) is 9.25. The zero-order valence-electron chi connectivity index (χ0n) is 12.8. The van der Waals surface area contributed by atoms with Crippen LogP contribution in [0, 0.1) is 0 Å². The van der Waals surface area contributed by atoms with Crippen molar-refractivity contribution >= 4 is 22.1 Å². The van der Waals surface area contributed by atoms with Crippen LogP contribution in [0.25, 0.3) is 12.3 Å². The van der Waals surface area contributed by atoms with Crippen molar-refractivity contribution in [3.8, 4) is 0 Å². The van der Waals surface area contributed by atoms with E-state index in [2.05, 4.69) is 10.2 Å². The van der Waals surface area contributed by atoms with Gasteiger partial charge in [-0.1, -0.05) is 54.6 Å². The van der Waals surface area contributed by atoms with Gasteiger partial charge < -0.3 is 0 Å². The maximum absolute atomic E-state index is 12.8. The Balaban J connectivity index is 1.74. The average molecular weight is 337 g/mol. The Bertz CT molecular complexity index is 1020. The fraction of sp³-hybridized carbons (Fsp3) is 0.111. The minimum Gasteiger partial charge on any atom is -0.277 e. The third kappa shape index (κ3) is 2.65. The number of nitrogens with zero attached hydrogens (tertiary/aromatic N) is 3. The molecule has 0 radical (unpaired) electrons. The van der Waals surface area contributed by atoms with Crippen LogP contribution in [0.5, 0.6) is 0 Å². The van der Waals surface area contributed by atoms with Crippen molar-refractivity contribution in [2.24, 2.45) is 0 Å². The van der Waals surface area contributed by atoms with Crippen LogP contribution in [0.4, 0.5) is 0 Å². The van der Waals surface area contributed by atoms with Crippen LogP contribution >= 0.6 is 0 Å². The number of benzene rings is 2. The van der Waals surface area contributed by atoms with Gasteiger partial charge in [0.15, 0.2) is 0 Å². The molecule has 6 heteroatoms. The van der Waals surface area contributed by atoms with E-state index in [9.17, 15) is 8.42 Å². The summed E-state index contributed by atoms with van der Waals surface area (Å²) in [4.78, 5) is 0. The molecule has 2 heterocycles. The van der Waals surface area contributed by atoms with Crippen molar-refractivity contribution < 1.29 is 8.42 Å². The average Bonchev–Trinajstić information content (AvgIpc) is 2.89. The zero-order valence-corrected chi connectivity index (χ0v) is 13.6. The number of fused-ring (bicyclic) bond motifs is 2. The van der Waals surface area contributed by atoms with Gasteiger partial charge in [-0.3, -0.25) is 4.57 Å². The lowest BCUT2D eigenvalue weighted by Crippen LogP contribution is -2.11. The van der Waals surface area contributed by atoms with Crippen LogP contribution in [0.2, 0.25) is 0 Å². The molecule has 0 fully saturated rings. The Morgan fingerprint density at radius 2 is 1.71 bits per heavy atom. The molecule has 0 saturated heterocycles. The largest absolute Gasteiger partial charge is 0.277 e. The molecule has 0 saturated carbocycles. The summed E-state index contributed by atoms with van der Waals surface area (Å²) in [5.41, 5.74) is 2.90. The smallest absolute Gasteiger partial charge is 0.254 e. The number of hydrogen-bond acceptors (Lipinski definition) is 4. The molecule has 0 bridgehead atoms. The first-order valence-electron chi connectivity index (χ1n) is 7.60. The molecule has 3 aromatic rings. The highest BCUT2D eigenvalue weighted by molar-refractivity contribution is 7.90. The lowest BCUT2D eigenvalue weighted by molar-refractivity contribution is 0.583. The molecule has 24 heavy (non-hydrogen) atoms. The summed E-state index contributed by atoms with van der Waals surface area (Å²) in [5.74, 6) is 0.537. The van der Waals surface area contributed by atoms with Crippen LogP contribution in [0.3, 0.4) is 0 Å². The van der Waals surface area contributed by atoms with Crippen molar-refractivity contribution in [1.29, 1.82) is 0 Å². The Morgan fingerprint density at radius 1 is 0.958 bits per heavy atom. The fourth-order valence-corrected chi connectivity index (χ4v) is 4.22. The van der Waals surface area contributed by atoms with Gasteiger partial charge in [0.05, 0.1) is 5.75 Å². The molecular weight excluding hydrogens is 322 g/mol. The van der Waals surface area contributed by atoms with E-state index in [1.165, 1.54) is 0 Å². The van der Waals surface area contributed by atoms with Gasteiger partial charge in [-0.05, 0) is 22.8 Å². The van der Waals surface area contributed by atoms with Crippen LogP contribution in [0.1, 0.15) is 22.5 Å². The Labute approximate surface area is 140 Å². The van der Waals surface area contributed by atoms with Crippen LogP contribution in [-0.2, 0) is 22.0 Å². The van der Waals surface area contributed by atoms with Crippen molar-refractivity contribution in [1.82, 2.24) is 14.8 Å². The second-order valence-electron chi connectivity index (χ2n) is 5.70. The minimum absolute atomic E-state index is 0.00888. The molecule has 1 aromatic heterocycles. The number of rotatable bonds is 3. The lowest BCUT2D eigenvalue weighted by atomic mass is 10.1. The van der Waals surface area contributed by atoms with Gasteiger partial charge in [0, 0.05) is 12.6 Å². The molecule has 0 atom stereocenters. The molecule has 1 aliphatic heterocycles. The molecular formula is C18H15N3O2S. The summed E-state index contributed by atoms with van der Waals surface area (Å²) in [6.07, 6.45) is 4.19. The van der Waals surface area contributed by atoms with E-state index < -0.39 is 9.84 Å². The first-order chi connectivity index (χ1) is 11.6. The molecule has 0 spiro atoms. The quantitative estimate of drug-likeness (QED) is 0.577. The predicted molar refractivity (Wildman–Crippen MR) is 91.8 cm³/mol. The molecule has 0 amide bonds. The van der Waals surface area contributed by atoms with Crippen LogP contribution in [-0.4, -0.2) is 23.2 Å². The maximum Gasteiger partial charge on any atom is 0.254 e. The zero-order chi connectivity index (χ0) is 16.6. The Morgan fingerprint density at radius 3 is 2.54 bits per heavy atom.